The molecule has 0 atom stereocenters. The Morgan fingerprint density at radius 2 is 0.737 bits per heavy atom. The molecule has 0 heterocycles. The fourth-order valence-electron chi connectivity index (χ4n) is 1.48. The van der Waals surface area contributed by atoms with E-state index in [-0.39, 0.29) is 11.0 Å². The van der Waals surface area contributed by atoms with Gasteiger partial charge < -0.3 is 31.4 Å². The summed E-state index contributed by atoms with van der Waals surface area (Å²) in [6.07, 6.45) is 0. The first kappa shape index (κ1) is 22.0. The van der Waals surface area contributed by atoms with Crippen molar-refractivity contribution in [2.24, 2.45) is 0 Å². The van der Waals surface area contributed by atoms with Gasteiger partial charge in [0.05, 0.1) is 0 Å². The molecule has 8 N–H and O–H groups in total. The van der Waals surface area contributed by atoms with Crippen LogP contribution < -0.4 is 0 Å². The SMILES string of the molecule is O.O.O=C(O)C[N+](CC(=O)O)(CC(=O)O)CC(=O)O. The van der Waals surface area contributed by atoms with Gasteiger partial charge in [0, 0.05) is 0 Å². The highest BCUT2D eigenvalue weighted by Crippen LogP contribution is 2.07. The lowest BCUT2D eigenvalue weighted by atomic mass is 10.3. The van der Waals surface area contributed by atoms with Crippen LogP contribution in [0.4, 0.5) is 0 Å². The number of aliphatic carboxylic acids is 4. The zero-order valence-corrected chi connectivity index (χ0v) is 9.70. The topological polar surface area (TPSA) is 212 Å². The number of rotatable bonds is 8. The second-order valence-corrected chi connectivity index (χ2v) is 3.55. The third kappa shape index (κ3) is 9.46. The second kappa shape index (κ2) is 8.79. The van der Waals surface area contributed by atoms with Crippen LogP contribution >= 0.6 is 0 Å². The van der Waals surface area contributed by atoms with Gasteiger partial charge in [-0.25, -0.2) is 19.2 Å². The quantitative estimate of drug-likeness (QED) is 0.327. The highest BCUT2D eigenvalue weighted by molar-refractivity contribution is 5.75. The summed E-state index contributed by atoms with van der Waals surface area (Å²) in [5.41, 5.74) is 0. The summed E-state index contributed by atoms with van der Waals surface area (Å²) < 4.78 is -1.07. The van der Waals surface area contributed by atoms with Crippen LogP contribution in [0.15, 0.2) is 0 Å². The molecule has 0 rings (SSSR count). The molecule has 0 fully saturated rings. The molecule has 0 aliphatic carbocycles. The average Bonchev–Trinajstić information content (AvgIpc) is 1.95. The predicted octanol–water partition coefficient (Wildman–Crippen LogP) is -3.51. The molecule has 0 amide bonds. The molecular weight excluding hydrogens is 270 g/mol. The summed E-state index contributed by atoms with van der Waals surface area (Å²) in [6, 6.07) is 0. The van der Waals surface area contributed by atoms with E-state index >= 15 is 0 Å². The summed E-state index contributed by atoms with van der Waals surface area (Å²) in [5, 5.41) is 34.4. The molecular formula is C8H16NO10+. The minimum absolute atomic E-state index is 0. The van der Waals surface area contributed by atoms with Crippen molar-refractivity contribution in [2.75, 3.05) is 26.2 Å². The normalized spacial score (nSPS) is 9.68. The largest absolute Gasteiger partial charge is 0.477 e. The van der Waals surface area contributed by atoms with Crippen LogP contribution in [0.1, 0.15) is 0 Å². The van der Waals surface area contributed by atoms with Crippen LogP contribution in [0.3, 0.4) is 0 Å². The Kier molecular flexibility index (Phi) is 10.2. The first-order valence-electron chi connectivity index (χ1n) is 4.39. The molecule has 0 aromatic rings. The van der Waals surface area contributed by atoms with E-state index in [1.165, 1.54) is 0 Å². The smallest absolute Gasteiger partial charge is 0.359 e. The summed E-state index contributed by atoms with van der Waals surface area (Å²) in [6.45, 7) is -3.54. The fraction of sp³-hybridized carbons (Fsp3) is 0.500. The van der Waals surface area contributed by atoms with Gasteiger partial charge in [-0.3, -0.25) is 4.48 Å². The van der Waals surface area contributed by atoms with Gasteiger partial charge in [0.1, 0.15) is 0 Å². The minimum atomic E-state index is -1.46. The third-order valence-corrected chi connectivity index (χ3v) is 1.88. The zero-order chi connectivity index (χ0) is 13.6. The molecule has 11 nitrogen and oxygen atoms in total. The van der Waals surface area contributed by atoms with E-state index in [1.807, 2.05) is 0 Å². The first-order valence-corrected chi connectivity index (χ1v) is 4.39. The second-order valence-electron chi connectivity index (χ2n) is 3.55. The molecule has 0 spiro atoms. The lowest BCUT2D eigenvalue weighted by molar-refractivity contribution is -0.900. The van der Waals surface area contributed by atoms with E-state index in [4.69, 9.17) is 20.4 Å². The Hall–Kier alpha value is -2.24. The van der Waals surface area contributed by atoms with Gasteiger partial charge in [-0.1, -0.05) is 0 Å². The molecule has 112 valence electrons. The van der Waals surface area contributed by atoms with Crippen molar-refractivity contribution >= 4 is 23.9 Å². The molecule has 0 radical (unpaired) electrons. The maximum Gasteiger partial charge on any atom is 0.359 e. The standard InChI is InChI=1S/C8H11NO8.2H2O/c10-5(11)1-9(2-6(12)13,3-7(14)15)4-8(16)17;;/h1-4H2,(H3-,10,11,12,13,14,15,16,17);2*1H2/p+1. The van der Waals surface area contributed by atoms with Crippen molar-refractivity contribution < 1.29 is 55.0 Å². The van der Waals surface area contributed by atoms with E-state index in [9.17, 15) is 19.2 Å². The molecule has 0 bridgehead atoms. The van der Waals surface area contributed by atoms with Crippen LogP contribution in [-0.2, 0) is 19.2 Å². The summed E-state index contributed by atoms with van der Waals surface area (Å²) >= 11 is 0. The van der Waals surface area contributed by atoms with Crippen molar-refractivity contribution in [3.8, 4) is 0 Å². The van der Waals surface area contributed by atoms with E-state index in [1.54, 1.807) is 0 Å². The Morgan fingerprint density at radius 1 is 0.579 bits per heavy atom. The number of hydrogen-bond acceptors (Lipinski definition) is 4. The summed E-state index contributed by atoms with van der Waals surface area (Å²) in [5.74, 6) is -5.86. The molecule has 0 aliphatic heterocycles. The number of quaternary nitrogens is 1. The number of carboxylic acids is 4. The average molecular weight is 286 g/mol. The van der Waals surface area contributed by atoms with Crippen LogP contribution in [0.2, 0.25) is 0 Å². The van der Waals surface area contributed by atoms with Crippen LogP contribution in [0.25, 0.3) is 0 Å². The van der Waals surface area contributed by atoms with E-state index in [0.29, 0.717) is 0 Å². The number of carbonyl (C=O) groups is 4. The Bertz CT molecular complexity index is 282. The Morgan fingerprint density at radius 3 is 0.842 bits per heavy atom. The third-order valence-electron chi connectivity index (χ3n) is 1.88. The monoisotopic (exact) mass is 286 g/mol. The maximum absolute atomic E-state index is 10.6. The van der Waals surface area contributed by atoms with Crippen molar-refractivity contribution in [1.82, 2.24) is 0 Å². The van der Waals surface area contributed by atoms with E-state index in [0.717, 1.165) is 0 Å². The van der Waals surface area contributed by atoms with Crippen molar-refractivity contribution in [3.63, 3.8) is 0 Å². The lowest BCUT2D eigenvalue weighted by Gasteiger charge is -2.32. The van der Waals surface area contributed by atoms with Gasteiger partial charge in [-0.2, -0.15) is 0 Å². The number of nitrogens with zero attached hydrogens (tertiary/aromatic N) is 1. The van der Waals surface area contributed by atoms with E-state index < -0.39 is 54.5 Å². The summed E-state index contributed by atoms with van der Waals surface area (Å²) in [7, 11) is 0. The van der Waals surface area contributed by atoms with Gasteiger partial charge in [0.15, 0.2) is 26.2 Å². The fourth-order valence-corrected chi connectivity index (χ4v) is 1.48. The Balaban J connectivity index is -0.00000128. The van der Waals surface area contributed by atoms with Crippen molar-refractivity contribution in [3.05, 3.63) is 0 Å². The van der Waals surface area contributed by atoms with Crippen LogP contribution in [0.5, 0.6) is 0 Å². The molecule has 0 aromatic heterocycles. The van der Waals surface area contributed by atoms with Crippen LogP contribution in [-0.4, -0.2) is 85.9 Å². The van der Waals surface area contributed by atoms with Gasteiger partial charge in [0.25, 0.3) is 0 Å². The highest BCUT2D eigenvalue weighted by Gasteiger charge is 2.38. The maximum atomic E-state index is 10.6. The van der Waals surface area contributed by atoms with Crippen molar-refractivity contribution in [1.29, 1.82) is 0 Å². The number of hydrogen-bond donors (Lipinski definition) is 4. The van der Waals surface area contributed by atoms with Gasteiger partial charge in [-0.05, 0) is 0 Å². The molecule has 0 saturated carbocycles. The first-order chi connectivity index (χ1) is 7.67. The molecule has 0 aromatic carbocycles. The molecule has 0 aliphatic rings. The van der Waals surface area contributed by atoms with Gasteiger partial charge >= 0.3 is 23.9 Å². The zero-order valence-electron chi connectivity index (χ0n) is 9.70. The highest BCUT2D eigenvalue weighted by atomic mass is 16.4. The molecule has 11 heteroatoms. The molecule has 0 unspecified atom stereocenters. The minimum Gasteiger partial charge on any atom is -0.477 e. The van der Waals surface area contributed by atoms with Crippen molar-refractivity contribution in [2.45, 2.75) is 0 Å². The van der Waals surface area contributed by atoms with Gasteiger partial charge in [-0.15, -0.1) is 0 Å². The molecule has 19 heavy (non-hydrogen) atoms. The molecule has 0 saturated heterocycles. The Labute approximate surface area is 106 Å². The van der Waals surface area contributed by atoms with Crippen LogP contribution in [0, 0.1) is 0 Å². The van der Waals surface area contributed by atoms with Gasteiger partial charge in [0.2, 0.25) is 0 Å². The summed E-state index contributed by atoms with van der Waals surface area (Å²) in [4.78, 5) is 42.3. The number of carboxylic acid groups (broad SMARTS) is 4. The predicted molar refractivity (Wildman–Crippen MR) is 57.5 cm³/mol. The lowest BCUT2D eigenvalue weighted by Crippen LogP contribution is -2.58. The van der Waals surface area contributed by atoms with E-state index in [2.05, 4.69) is 0 Å².